The molecule has 0 aromatic heterocycles. The van der Waals surface area contributed by atoms with E-state index in [4.69, 9.17) is 0 Å². The van der Waals surface area contributed by atoms with Gasteiger partial charge in [-0.1, -0.05) is 19.3 Å². The molecule has 1 heterocycles. The average Bonchev–Trinajstić information content (AvgIpc) is 2.64. The van der Waals surface area contributed by atoms with Crippen molar-refractivity contribution in [1.29, 1.82) is 0 Å². The number of guanidine groups is 1. The van der Waals surface area contributed by atoms with Gasteiger partial charge in [0, 0.05) is 48.8 Å². The van der Waals surface area contributed by atoms with Crippen LogP contribution < -0.4 is 16.0 Å². The van der Waals surface area contributed by atoms with Crippen molar-refractivity contribution in [2.75, 3.05) is 44.2 Å². The van der Waals surface area contributed by atoms with E-state index in [1.165, 1.54) is 56.7 Å². The minimum atomic E-state index is -0.225. The van der Waals surface area contributed by atoms with Gasteiger partial charge in [0.25, 0.3) is 0 Å². The molecule has 2 aliphatic rings. The van der Waals surface area contributed by atoms with Gasteiger partial charge in [-0.15, -0.1) is 0 Å². The highest BCUT2D eigenvalue weighted by molar-refractivity contribution is 7.99. The molecule has 0 aromatic rings. The minimum absolute atomic E-state index is 0.0415. The quantitative estimate of drug-likeness (QED) is 0.474. The number of carbonyl (C=O) groups excluding carboxylic acids is 1. The summed E-state index contributed by atoms with van der Waals surface area (Å²) in [5.41, 5.74) is 0.0138. The summed E-state index contributed by atoms with van der Waals surface area (Å²) in [4.78, 5) is 19.3. The second kappa shape index (κ2) is 10.6. The zero-order valence-corrected chi connectivity index (χ0v) is 18.5. The normalized spacial score (nSPS) is 21.6. The Labute approximate surface area is 169 Å². The van der Waals surface area contributed by atoms with Gasteiger partial charge in [0.15, 0.2) is 5.96 Å². The van der Waals surface area contributed by atoms with Gasteiger partial charge >= 0.3 is 0 Å². The summed E-state index contributed by atoms with van der Waals surface area (Å²) in [6, 6.07) is 0. The summed E-state index contributed by atoms with van der Waals surface area (Å²) in [6.07, 6.45) is 6.49. The lowest BCUT2D eigenvalue weighted by Gasteiger charge is -2.48. The molecule has 7 heteroatoms. The molecule has 6 nitrogen and oxygen atoms in total. The smallest absolute Gasteiger partial charge is 0.242 e. The number of hydrogen-bond donors (Lipinski definition) is 3. The molecule has 1 amide bonds. The molecule has 2 rings (SSSR count). The van der Waals surface area contributed by atoms with Crippen LogP contribution in [0.25, 0.3) is 0 Å². The average molecular weight is 398 g/mol. The van der Waals surface area contributed by atoms with Crippen molar-refractivity contribution in [3.05, 3.63) is 0 Å². The number of carbonyl (C=O) groups is 1. The lowest BCUT2D eigenvalue weighted by Crippen LogP contribution is -2.59. The Balaban J connectivity index is 1.98. The van der Waals surface area contributed by atoms with Gasteiger partial charge in [-0.3, -0.25) is 9.69 Å². The number of nitrogens with one attached hydrogen (secondary N) is 3. The van der Waals surface area contributed by atoms with Crippen molar-refractivity contribution in [2.24, 2.45) is 4.99 Å². The van der Waals surface area contributed by atoms with Gasteiger partial charge in [-0.2, -0.15) is 11.8 Å². The molecule has 0 atom stereocenters. The molecule has 1 saturated carbocycles. The van der Waals surface area contributed by atoms with Gasteiger partial charge in [-0.25, -0.2) is 4.99 Å². The maximum atomic E-state index is 12.1. The highest BCUT2D eigenvalue weighted by Gasteiger charge is 2.38. The van der Waals surface area contributed by atoms with E-state index in [1.807, 2.05) is 20.8 Å². The molecule has 1 aliphatic heterocycles. The Morgan fingerprint density at radius 2 is 1.78 bits per heavy atom. The molecule has 1 aliphatic carbocycles. The van der Waals surface area contributed by atoms with Crippen LogP contribution in [0, 0.1) is 0 Å². The fraction of sp³-hybridized carbons (Fsp3) is 0.900. The van der Waals surface area contributed by atoms with E-state index in [0.717, 1.165) is 19.0 Å². The van der Waals surface area contributed by atoms with Gasteiger partial charge < -0.3 is 16.0 Å². The zero-order chi connectivity index (χ0) is 19.8. The first kappa shape index (κ1) is 22.3. The van der Waals surface area contributed by atoms with Crippen LogP contribution in [0.3, 0.4) is 0 Å². The molecule has 3 N–H and O–H groups in total. The maximum Gasteiger partial charge on any atom is 0.242 e. The van der Waals surface area contributed by atoms with Gasteiger partial charge in [-0.05, 0) is 40.5 Å². The second-order valence-electron chi connectivity index (χ2n) is 8.73. The fourth-order valence-electron chi connectivity index (χ4n) is 4.05. The van der Waals surface area contributed by atoms with Crippen molar-refractivity contribution in [1.82, 2.24) is 20.9 Å². The van der Waals surface area contributed by atoms with Crippen LogP contribution >= 0.6 is 11.8 Å². The van der Waals surface area contributed by atoms with Crippen molar-refractivity contribution in [3.8, 4) is 0 Å². The highest BCUT2D eigenvalue weighted by atomic mass is 32.2. The predicted octanol–water partition coefficient (Wildman–Crippen LogP) is 2.21. The minimum Gasteiger partial charge on any atom is -0.357 e. The van der Waals surface area contributed by atoms with Crippen LogP contribution in [0.5, 0.6) is 0 Å². The summed E-state index contributed by atoms with van der Waals surface area (Å²) >= 11 is 2.07. The number of hydrogen-bond acceptors (Lipinski definition) is 4. The highest BCUT2D eigenvalue weighted by Crippen LogP contribution is 2.34. The lowest BCUT2D eigenvalue weighted by atomic mass is 9.80. The molecule has 0 aromatic carbocycles. The molecule has 0 bridgehead atoms. The molecule has 0 radical (unpaired) electrons. The Bertz CT molecular complexity index is 491. The fourth-order valence-corrected chi connectivity index (χ4v) is 4.95. The molecule has 0 unspecified atom stereocenters. The van der Waals surface area contributed by atoms with E-state index in [9.17, 15) is 4.79 Å². The summed E-state index contributed by atoms with van der Waals surface area (Å²) in [7, 11) is 0. The Hall–Kier alpha value is -0.950. The monoisotopic (exact) mass is 397 g/mol. The van der Waals surface area contributed by atoms with Crippen molar-refractivity contribution in [3.63, 3.8) is 0 Å². The molecule has 0 spiro atoms. The van der Waals surface area contributed by atoms with Crippen LogP contribution in [-0.4, -0.2) is 72.1 Å². The summed E-state index contributed by atoms with van der Waals surface area (Å²) in [6.45, 7) is 12.3. The largest absolute Gasteiger partial charge is 0.357 e. The first-order valence-electron chi connectivity index (χ1n) is 10.5. The number of nitrogens with zero attached hydrogens (tertiary/aromatic N) is 2. The molecule has 156 valence electrons. The third kappa shape index (κ3) is 7.53. The topological polar surface area (TPSA) is 68.8 Å². The zero-order valence-electron chi connectivity index (χ0n) is 17.7. The van der Waals surface area contributed by atoms with Crippen LogP contribution in [-0.2, 0) is 4.79 Å². The SMILES string of the molecule is CCNC(=NCC(=O)NC(C)(C)C)NCC1(N2CCSCC2)CCCCC1. The lowest BCUT2D eigenvalue weighted by molar-refractivity contribution is -0.121. The number of thioether (sulfide) groups is 1. The first-order valence-corrected chi connectivity index (χ1v) is 11.7. The molecule has 2 fully saturated rings. The number of aliphatic imine (C=N–C) groups is 1. The summed E-state index contributed by atoms with van der Waals surface area (Å²) < 4.78 is 0. The van der Waals surface area contributed by atoms with Gasteiger partial charge in [0.1, 0.15) is 6.54 Å². The van der Waals surface area contributed by atoms with Crippen LogP contribution in [0.4, 0.5) is 0 Å². The Kier molecular flexibility index (Phi) is 8.73. The Morgan fingerprint density at radius 3 is 2.37 bits per heavy atom. The van der Waals surface area contributed by atoms with Crippen molar-refractivity contribution < 1.29 is 4.79 Å². The van der Waals surface area contributed by atoms with Crippen LogP contribution in [0.15, 0.2) is 4.99 Å². The number of rotatable bonds is 6. The summed E-state index contributed by atoms with van der Waals surface area (Å²) in [5, 5.41) is 9.82. The molecule has 27 heavy (non-hydrogen) atoms. The van der Waals surface area contributed by atoms with E-state index >= 15 is 0 Å². The number of amides is 1. The van der Waals surface area contributed by atoms with Crippen molar-refractivity contribution in [2.45, 2.75) is 70.9 Å². The predicted molar refractivity (Wildman–Crippen MR) is 117 cm³/mol. The van der Waals surface area contributed by atoms with E-state index in [0.29, 0.717) is 0 Å². The Morgan fingerprint density at radius 1 is 1.11 bits per heavy atom. The first-order chi connectivity index (χ1) is 12.8. The van der Waals surface area contributed by atoms with Crippen LogP contribution in [0.2, 0.25) is 0 Å². The third-order valence-electron chi connectivity index (χ3n) is 5.29. The second-order valence-corrected chi connectivity index (χ2v) is 9.96. The van der Waals surface area contributed by atoms with E-state index in [-0.39, 0.29) is 23.5 Å². The molecular weight excluding hydrogens is 358 g/mol. The van der Waals surface area contributed by atoms with Gasteiger partial charge in [0.05, 0.1) is 0 Å². The van der Waals surface area contributed by atoms with Gasteiger partial charge in [0.2, 0.25) is 5.91 Å². The maximum absolute atomic E-state index is 12.1. The van der Waals surface area contributed by atoms with E-state index < -0.39 is 0 Å². The van der Waals surface area contributed by atoms with E-state index in [2.05, 4.69) is 44.5 Å². The van der Waals surface area contributed by atoms with Crippen LogP contribution in [0.1, 0.15) is 59.8 Å². The van der Waals surface area contributed by atoms with Crippen molar-refractivity contribution >= 4 is 23.6 Å². The molecular formula is C20H39N5OS. The van der Waals surface area contributed by atoms with E-state index in [1.54, 1.807) is 0 Å². The standard InChI is InChI=1S/C20H39N5OS/c1-5-21-18(22-15-17(26)24-19(2,3)4)23-16-20(9-7-6-8-10-20)25-11-13-27-14-12-25/h5-16H2,1-4H3,(H,24,26)(H2,21,22,23). The summed E-state index contributed by atoms with van der Waals surface area (Å²) in [5.74, 6) is 3.18. The third-order valence-corrected chi connectivity index (χ3v) is 6.23. The molecule has 1 saturated heterocycles.